The third-order valence-corrected chi connectivity index (χ3v) is 3.27. The zero-order chi connectivity index (χ0) is 17.4. The zero-order valence-corrected chi connectivity index (χ0v) is 16.1. The van der Waals surface area contributed by atoms with E-state index in [-0.39, 0.29) is 5.91 Å². The molecule has 0 spiro atoms. The Bertz CT molecular complexity index is 239. The van der Waals surface area contributed by atoms with Crippen LogP contribution >= 0.6 is 0 Å². The van der Waals surface area contributed by atoms with E-state index in [1.165, 1.54) is 0 Å². The van der Waals surface area contributed by atoms with Gasteiger partial charge in [-0.3, -0.25) is 9.69 Å². The summed E-state index contributed by atoms with van der Waals surface area (Å²) in [6, 6.07) is 0.390. The molecule has 4 heteroatoms. The van der Waals surface area contributed by atoms with Gasteiger partial charge < -0.3 is 10.1 Å². The van der Waals surface area contributed by atoms with Gasteiger partial charge in [-0.2, -0.15) is 0 Å². The van der Waals surface area contributed by atoms with Crippen LogP contribution in [0, 0.1) is 0 Å². The van der Waals surface area contributed by atoms with Gasteiger partial charge in [-0.15, -0.1) is 0 Å². The van der Waals surface area contributed by atoms with Crippen molar-refractivity contribution in [1.29, 1.82) is 0 Å². The number of nitrogens with zero attached hydrogens (tertiary/aromatic N) is 1. The molecule has 22 heavy (non-hydrogen) atoms. The zero-order valence-electron chi connectivity index (χ0n) is 16.1. The molecular weight excluding hydrogens is 276 g/mol. The van der Waals surface area contributed by atoms with Gasteiger partial charge in [0.25, 0.3) is 0 Å². The van der Waals surface area contributed by atoms with Crippen molar-refractivity contribution in [2.24, 2.45) is 0 Å². The lowest BCUT2D eigenvalue weighted by atomic mass is 10.1. The van der Waals surface area contributed by atoms with Crippen molar-refractivity contribution in [3.05, 3.63) is 0 Å². The van der Waals surface area contributed by atoms with Crippen LogP contribution in [-0.4, -0.2) is 49.2 Å². The Hall–Kier alpha value is -0.610. The molecule has 0 saturated carbocycles. The van der Waals surface area contributed by atoms with Crippen LogP contribution in [0.15, 0.2) is 0 Å². The molecule has 1 amide bonds. The van der Waals surface area contributed by atoms with Crippen LogP contribution in [0.25, 0.3) is 0 Å². The second-order valence-electron chi connectivity index (χ2n) is 5.35. The predicted octanol–water partition coefficient (Wildman–Crippen LogP) is 3.84. The van der Waals surface area contributed by atoms with E-state index < -0.39 is 0 Å². The van der Waals surface area contributed by atoms with Crippen molar-refractivity contribution >= 4 is 5.91 Å². The molecule has 0 atom stereocenters. The number of rotatable bonds is 9. The minimum atomic E-state index is 0.209. The summed E-state index contributed by atoms with van der Waals surface area (Å²) in [6.07, 6.45) is 4.07. The molecule has 1 aliphatic heterocycles. The summed E-state index contributed by atoms with van der Waals surface area (Å²) in [4.78, 5) is 13.9. The number of hydrogen-bond acceptors (Lipinski definition) is 3. The van der Waals surface area contributed by atoms with E-state index in [0.717, 1.165) is 45.5 Å². The molecule has 4 nitrogen and oxygen atoms in total. The van der Waals surface area contributed by atoms with Crippen molar-refractivity contribution < 1.29 is 9.53 Å². The minimum absolute atomic E-state index is 0.209. The normalized spacial score (nSPS) is 14.4. The lowest BCUT2D eigenvalue weighted by molar-refractivity contribution is -0.123. The van der Waals surface area contributed by atoms with E-state index in [0.29, 0.717) is 18.6 Å². The topological polar surface area (TPSA) is 41.6 Å². The van der Waals surface area contributed by atoms with Gasteiger partial charge in [-0.1, -0.05) is 41.0 Å². The summed E-state index contributed by atoms with van der Waals surface area (Å²) >= 11 is 0. The third-order valence-electron chi connectivity index (χ3n) is 3.27. The van der Waals surface area contributed by atoms with Crippen LogP contribution in [0.1, 0.15) is 74.1 Å². The highest BCUT2D eigenvalue weighted by atomic mass is 16.5. The third kappa shape index (κ3) is 13.1. The lowest BCUT2D eigenvalue weighted by Crippen LogP contribution is -2.58. The molecule has 134 valence electrons. The maximum Gasteiger partial charge on any atom is 0.220 e. The smallest absolute Gasteiger partial charge is 0.220 e. The molecule has 0 radical (unpaired) electrons. The molecule has 1 fully saturated rings. The number of amides is 1. The standard InChI is InChI=1S/C14H28N2O2.2C2H6/c1-4-16-10-13(11-16)15-14(17)8-6-5-7-9-18-12(2)3;2*1-2/h12-13H,4-11H2,1-3H3,(H,15,17);2*1-2H3. The first-order valence-corrected chi connectivity index (χ1v) is 9.25. The van der Waals surface area contributed by atoms with E-state index in [4.69, 9.17) is 4.74 Å². The Morgan fingerprint density at radius 1 is 1.14 bits per heavy atom. The van der Waals surface area contributed by atoms with Crippen molar-refractivity contribution in [1.82, 2.24) is 10.2 Å². The second-order valence-corrected chi connectivity index (χ2v) is 5.35. The first-order chi connectivity index (χ1) is 10.6. The summed E-state index contributed by atoms with van der Waals surface area (Å²) in [5, 5.41) is 3.08. The Morgan fingerprint density at radius 2 is 1.73 bits per heavy atom. The lowest BCUT2D eigenvalue weighted by Gasteiger charge is -2.38. The molecule has 1 aliphatic rings. The highest BCUT2D eigenvalue weighted by molar-refractivity contribution is 5.76. The van der Waals surface area contributed by atoms with E-state index in [1.807, 2.05) is 41.5 Å². The van der Waals surface area contributed by atoms with Crippen molar-refractivity contribution in [3.63, 3.8) is 0 Å². The van der Waals surface area contributed by atoms with Crippen molar-refractivity contribution in [2.75, 3.05) is 26.2 Å². The average molecular weight is 317 g/mol. The van der Waals surface area contributed by atoms with Crippen LogP contribution in [0.4, 0.5) is 0 Å². The van der Waals surface area contributed by atoms with E-state index in [9.17, 15) is 4.79 Å². The fraction of sp³-hybridized carbons (Fsp3) is 0.944. The van der Waals surface area contributed by atoms with Gasteiger partial charge in [0, 0.05) is 26.1 Å². The Kier molecular flexibility index (Phi) is 18.0. The molecule has 1 saturated heterocycles. The molecule has 0 bridgehead atoms. The molecule has 0 aliphatic carbocycles. The highest BCUT2D eigenvalue weighted by Crippen LogP contribution is 2.07. The fourth-order valence-electron chi connectivity index (χ4n) is 2.10. The second kappa shape index (κ2) is 16.8. The van der Waals surface area contributed by atoms with Gasteiger partial charge in [-0.05, 0) is 33.2 Å². The maximum atomic E-state index is 11.6. The molecule has 0 aromatic heterocycles. The fourth-order valence-corrected chi connectivity index (χ4v) is 2.10. The number of carbonyl (C=O) groups excluding carboxylic acids is 1. The summed E-state index contributed by atoms with van der Waals surface area (Å²) in [6.45, 7) is 18.2. The Labute approximate surface area is 139 Å². The number of unbranched alkanes of at least 4 members (excludes halogenated alkanes) is 2. The SMILES string of the molecule is CC.CC.CCN1CC(NC(=O)CCCCCOC(C)C)C1. The van der Waals surface area contributed by atoms with Gasteiger partial charge in [0.1, 0.15) is 0 Å². The summed E-state index contributed by atoms with van der Waals surface area (Å²) in [7, 11) is 0. The van der Waals surface area contributed by atoms with Crippen LogP contribution in [0.3, 0.4) is 0 Å². The number of nitrogens with one attached hydrogen (secondary N) is 1. The quantitative estimate of drug-likeness (QED) is 0.657. The average Bonchev–Trinajstić information content (AvgIpc) is 2.50. The number of hydrogen-bond donors (Lipinski definition) is 1. The first kappa shape index (κ1) is 23.7. The van der Waals surface area contributed by atoms with Gasteiger partial charge in [0.15, 0.2) is 0 Å². The molecule has 1 N–H and O–H groups in total. The van der Waals surface area contributed by atoms with Crippen LogP contribution in [-0.2, 0) is 9.53 Å². The molecule has 1 heterocycles. The van der Waals surface area contributed by atoms with Gasteiger partial charge >= 0.3 is 0 Å². The summed E-state index contributed by atoms with van der Waals surface area (Å²) in [5.41, 5.74) is 0. The van der Waals surface area contributed by atoms with Crippen molar-refractivity contribution in [2.45, 2.75) is 86.3 Å². The minimum Gasteiger partial charge on any atom is -0.379 e. The van der Waals surface area contributed by atoms with Gasteiger partial charge in [0.2, 0.25) is 5.91 Å². The van der Waals surface area contributed by atoms with Crippen molar-refractivity contribution in [3.8, 4) is 0 Å². The van der Waals surface area contributed by atoms with Gasteiger partial charge in [0.05, 0.1) is 12.1 Å². The monoisotopic (exact) mass is 316 g/mol. The Morgan fingerprint density at radius 3 is 2.23 bits per heavy atom. The van der Waals surface area contributed by atoms with E-state index in [2.05, 4.69) is 17.1 Å². The Balaban J connectivity index is 0. The first-order valence-electron chi connectivity index (χ1n) is 9.25. The molecule has 0 aromatic carbocycles. The maximum absolute atomic E-state index is 11.6. The van der Waals surface area contributed by atoms with Gasteiger partial charge in [-0.25, -0.2) is 0 Å². The molecule has 0 aromatic rings. The summed E-state index contributed by atoms with van der Waals surface area (Å²) in [5.74, 6) is 0.209. The van der Waals surface area contributed by atoms with Crippen LogP contribution < -0.4 is 5.32 Å². The molecular formula is C18H40N2O2. The predicted molar refractivity (Wildman–Crippen MR) is 96.3 cm³/mol. The van der Waals surface area contributed by atoms with E-state index in [1.54, 1.807) is 0 Å². The summed E-state index contributed by atoms with van der Waals surface area (Å²) < 4.78 is 5.46. The van der Waals surface area contributed by atoms with Crippen LogP contribution in [0.5, 0.6) is 0 Å². The largest absolute Gasteiger partial charge is 0.379 e. The molecule has 1 rings (SSSR count). The number of ether oxygens (including phenoxy) is 1. The number of likely N-dealkylation sites (tertiary alicyclic amines) is 1. The molecule has 0 unspecified atom stereocenters. The van der Waals surface area contributed by atoms with Crippen LogP contribution in [0.2, 0.25) is 0 Å². The highest BCUT2D eigenvalue weighted by Gasteiger charge is 2.25. The number of carbonyl (C=O) groups is 1. The van der Waals surface area contributed by atoms with E-state index >= 15 is 0 Å². The number of likely N-dealkylation sites (N-methyl/N-ethyl adjacent to an activating group) is 1.